The van der Waals surface area contributed by atoms with Crippen LogP contribution in [0.15, 0.2) is 24.3 Å². The molecule has 132 valence electrons. The molecule has 6 heteroatoms. The first kappa shape index (κ1) is 17.6. The fraction of sp³-hybridized carbons (Fsp3) is 0.611. The van der Waals surface area contributed by atoms with Crippen LogP contribution >= 0.6 is 11.8 Å². The van der Waals surface area contributed by atoms with Gasteiger partial charge in [-0.05, 0) is 50.0 Å². The standard InChI is InChI=1S/C18H26N2O3S/c21-18(22)16-13-24-17(19-16)14-5-7-15(8-6-14)23-12-4-11-20-9-2-1-3-10-20/h5-8,16-17,19H,1-4,9-13H2,(H,21,22). The highest BCUT2D eigenvalue weighted by molar-refractivity contribution is 7.99. The van der Waals surface area contributed by atoms with E-state index >= 15 is 0 Å². The second-order valence-electron chi connectivity index (χ2n) is 6.44. The Bertz CT molecular complexity index is 532. The molecule has 0 amide bonds. The first-order chi connectivity index (χ1) is 11.7. The van der Waals surface area contributed by atoms with Crippen molar-refractivity contribution in [3.05, 3.63) is 29.8 Å². The van der Waals surface area contributed by atoms with Crippen LogP contribution in [0.5, 0.6) is 5.75 Å². The number of ether oxygens (including phenoxy) is 1. The molecule has 2 fully saturated rings. The number of piperidine rings is 1. The highest BCUT2D eigenvalue weighted by atomic mass is 32.2. The van der Waals surface area contributed by atoms with Gasteiger partial charge < -0.3 is 14.7 Å². The molecule has 2 aliphatic heterocycles. The van der Waals surface area contributed by atoms with Gasteiger partial charge in [0.2, 0.25) is 0 Å². The van der Waals surface area contributed by atoms with Crippen molar-refractivity contribution < 1.29 is 14.6 Å². The zero-order valence-electron chi connectivity index (χ0n) is 13.9. The third kappa shape index (κ3) is 4.88. The van der Waals surface area contributed by atoms with Gasteiger partial charge in [0.1, 0.15) is 11.8 Å². The van der Waals surface area contributed by atoms with E-state index in [-0.39, 0.29) is 5.37 Å². The van der Waals surface area contributed by atoms with Gasteiger partial charge in [0.05, 0.1) is 12.0 Å². The second kappa shape index (κ2) is 8.74. The Hall–Kier alpha value is -1.24. The molecule has 2 aliphatic rings. The predicted molar refractivity (Wildman–Crippen MR) is 96.6 cm³/mol. The molecule has 24 heavy (non-hydrogen) atoms. The number of rotatable bonds is 7. The Morgan fingerprint density at radius 2 is 2.00 bits per heavy atom. The van der Waals surface area contributed by atoms with Gasteiger partial charge in [0.25, 0.3) is 0 Å². The molecular weight excluding hydrogens is 324 g/mol. The van der Waals surface area contributed by atoms with Crippen molar-refractivity contribution in [3.8, 4) is 5.75 Å². The number of benzene rings is 1. The van der Waals surface area contributed by atoms with Crippen LogP contribution in [0.25, 0.3) is 0 Å². The SMILES string of the molecule is O=C(O)C1CSC(c2ccc(OCCCN3CCCCC3)cc2)N1. The molecule has 1 aromatic rings. The highest BCUT2D eigenvalue weighted by Gasteiger charge is 2.30. The Labute approximate surface area is 147 Å². The molecule has 0 saturated carbocycles. The van der Waals surface area contributed by atoms with E-state index in [1.165, 1.54) is 32.4 Å². The maximum Gasteiger partial charge on any atom is 0.321 e. The molecule has 2 atom stereocenters. The molecular formula is C18H26N2O3S. The summed E-state index contributed by atoms with van der Waals surface area (Å²) in [5, 5.41) is 12.2. The minimum Gasteiger partial charge on any atom is -0.494 e. The van der Waals surface area contributed by atoms with Crippen molar-refractivity contribution in [1.82, 2.24) is 10.2 Å². The lowest BCUT2D eigenvalue weighted by atomic mass is 10.1. The van der Waals surface area contributed by atoms with Gasteiger partial charge in [-0.25, -0.2) is 0 Å². The number of nitrogens with zero attached hydrogens (tertiary/aromatic N) is 1. The van der Waals surface area contributed by atoms with E-state index in [2.05, 4.69) is 10.2 Å². The Balaban J connectivity index is 1.39. The fourth-order valence-corrected chi connectivity index (χ4v) is 4.44. The summed E-state index contributed by atoms with van der Waals surface area (Å²) in [7, 11) is 0. The largest absolute Gasteiger partial charge is 0.494 e. The van der Waals surface area contributed by atoms with Crippen molar-refractivity contribution in [2.45, 2.75) is 37.1 Å². The number of carboxylic acids is 1. The highest BCUT2D eigenvalue weighted by Crippen LogP contribution is 2.33. The molecule has 2 heterocycles. The molecule has 0 aliphatic carbocycles. The van der Waals surface area contributed by atoms with Crippen LogP contribution in [0.2, 0.25) is 0 Å². The monoisotopic (exact) mass is 350 g/mol. The van der Waals surface area contributed by atoms with Crippen LogP contribution in [-0.4, -0.2) is 54.0 Å². The number of thioether (sulfide) groups is 1. The third-order valence-corrected chi connectivity index (χ3v) is 5.87. The first-order valence-electron chi connectivity index (χ1n) is 8.78. The summed E-state index contributed by atoms with van der Waals surface area (Å²) in [6, 6.07) is 7.55. The topological polar surface area (TPSA) is 61.8 Å². The van der Waals surface area contributed by atoms with Crippen LogP contribution in [0.4, 0.5) is 0 Å². The molecule has 2 N–H and O–H groups in total. The number of aliphatic carboxylic acids is 1. The summed E-state index contributed by atoms with van der Waals surface area (Å²) in [5.74, 6) is 0.711. The molecule has 0 spiro atoms. The molecule has 0 radical (unpaired) electrons. The summed E-state index contributed by atoms with van der Waals surface area (Å²) in [6.45, 7) is 4.33. The van der Waals surface area contributed by atoms with E-state index in [0.717, 1.165) is 30.9 Å². The van der Waals surface area contributed by atoms with Crippen molar-refractivity contribution >= 4 is 17.7 Å². The van der Waals surface area contributed by atoms with Crippen LogP contribution in [0.1, 0.15) is 36.6 Å². The number of hydrogen-bond acceptors (Lipinski definition) is 5. The third-order valence-electron chi connectivity index (χ3n) is 4.60. The maximum absolute atomic E-state index is 11.0. The number of nitrogens with one attached hydrogen (secondary N) is 1. The van der Waals surface area contributed by atoms with Crippen molar-refractivity contribution in [3.63, 3.8) is 0 Å². The van der Waals surface area contributed by atoms with Crippen LogP contribution in [0, 0.1) is 0 Å². The van der Waals surface area contributed by atoms with Gasteiger partial charge >= 0.3 is 5.97 Å². The normalized spacial score (nSPS) is 24.8. The smallest absolute Gasteiger partial charge is 0.321 e. The lowest BCUT2D eigenvalue weighted by Crippen LogP contribution is -2.33. The lowest BCUT2D eigenvalue weighted by molar-refractivity contribution is -0.138. The fourth-order valence-electron chi connectivity index (χ4n) is 3.21. The van der Waals surface area contributed by atoms with E-state index in [1.54, 1.807) is 11.8 Å². The van der Waals surface area contributed by atoms with Gasteiger partial charge in [-0.3, -0.25) is 10.1 Å². The van der Waals surface area contributed by atoms with Crippen molar-refractivity contribution in [2.75, 3.05) is 32.0 Å². The van der Waals surface area contributed by atoms with Crippen LogP contribution in [0.3, 0.4) is 0 Å². The molecule has 2 unspecified atom stereocenters. The number of likely N-dealkylation sites (tertiary alicyclic amines) is 1. The van der Waals surface area contributed by atoms with E-state index in [9.17, 15) is 4.79 Å². The zero-order chi connectivity index (χ0) is 16.8. The average Bonchev–Trinajstić information content (AvgIpc) is 3.11. The van der Waals surface area contributed by atoms with Crippen LogP contribution in [-0.2, 0) is 4.79 Å². The lowest BCUT2D eigenvalue weighted by Gasteiger charge is -2.26. The van der Waals surface area contributed by atoms with Gasteiger partial charge in [-0.1, -0.05) is 18.6 Å². The van der Waals surface area contributed by atoms with Crippen LogP contribution < -0.4 is 10.1 Å². The summed E-state index contributed by atoms with van der Waals surface area (Å²) < 4.78 is 5.83. The average molecular weight is 350 g/mol. The minimum atomic E-state index is -0.779. The molecule has 5 nitrogen and oxygen atoms in total. The summed E-state index contributed by atoms with van der Waals surface area (Å²) >= 11 is 1.64. The molecule has 3 rings (SSSR count). The van der Waals surface area contributed by atoms with E-state index in [4.69, 9.17) is 9.84 Å². The first-order valence-corrected chi connectivity index (χ1v) is 9.83. The molecule has 0 aromatic heterocycles. The molecule has 1 aromatic carbocycles. The predicted octanol–water partition coefficient (Wildman–Crippen LogP) is 2.73. The van der Waals surface area contributed by atoms with Gasteiger partial charge in [0.15, 0.2) is 0 Å². The minimum absolute atomic E-state index is 0.0549. The van der Waals surface area contributed by atoms with E-state index in [0.29, 0.717) is 5.75 Å². The zero-order valence-corrected chi connectivity index (χ0v) is 14.8. The van der Waals surface area contributed by atoms with Gasteiger partial charge in [0, 0.05) is 12.3 Å². The van der Waals surface area contributed by atoms with E-state index in [1.807, 2.05) is 24.3 Å². The Morgan fingerprint density at radius 3 is 2.67 bits per heavy atom. The number of carboxylic acid groups (broad SMARTS) is 1. The van der Waals surface area contributed by atoms with Crippen molar-refractivity contribution in [1.29, 1.82) is 0 Å². The number of carbonyl (C=O) groups is 1. The summed E-state index contributed by atoms with van der Waals surface area (Å²) in [4.78, 5) is 13.5. The summed E-state index contributed by atoms with van der Waals surface area (Å²) in [6.07, 6.45) is 5.10. The quantitative estimate of drug-likeness (QED) is 0.738. The summed E-state index contributed by atoms with van der Waals surface area (Å²) in [5.41, 5.74) is 1.10. The van der Waals surface area contributed by atoms with Gasteiger partial charge in [-0.15, -0.1) is 11.8 Å². The van der Waals surface area contributed by atoms with E-state index < -0.39 is 12.0 Å². The number of hydrogen-bond donors (Lipinski definition) is 2. The molecule has 0 bridgehead atoms. The Morgan fingerprint density at radius 1 is 1.25 bits per heavy atom. The second-order valence-corrected chi connectivity index (χ2v) is 7.58. The van der Waals surface area contributed by atoms with Gasteiger partial charge in [-0.2, -0.15) is 0 Å². The molecule has 2 saturated heterocycles. The Kier molecular flexibility index (Phi) is 6.40. The van der Waals surface area contributed by atoms with Crippen molar-refractivity contribution in [2.24, 2.45) is 0 Å². The maximum atomic E-state index is 11.0.